The molecule has 0 aromatic heterocycles. The van der Waals surface area contributed by atoms with Crippen LogP contribution in [0.2, 0.25) is 0 Å². The molecule has 6 atom stereocenters. The number of carbonyl (C=O) groups is 6. The first kappa shape index (κ1) is 77.6. The third-order valence-electron chi connectivity index (χ3n) is 11.2. The van der Waals surface area contributed by atoms with E-state index in [9.17, 15) is 28.8 Å². The average Bonchev–Trinajstić information content (AvgIpc) is 3.95. The van der Waals surface area contributed by atoms with Gasteiger partial charge in [0.1, 0.15) is 23.1 Å². The number of nitrogens with two attached hydrogens (primary N) is 4. The fourth-order valence-electron chi connectivity index (χ4n) is 7.50. The Bertz CT molecular complexity index is 1460. The fraction of sp³-hybridized carbons (Fsp3) is 0.837. The van der Waals surface area contributed by atoms with Crippen molar-refractivity contribution in [2.75, 3.05) is 49.2 Å². The lowest BCUT2D eigenvalue weighted by Crippen LogP contribution is -2.56. The van der Waals surface area contributed by atoms with Gasteiger partial charge in [-0.05, 0) is 90.9 Å². The van der Waals surface area contributed by atoms with Crippen molar-refractivity contribution in [1.29, 1.82) is 0 Å². The van der Waals surface area contributed by atoms with Crippen LogP contribution >= 0.6 is 43.2 Å². The van der Waals surface area contributed by atoms with Crippen molar-refractivity contribution in [3.8, 4) is 0 Å². The summed E-state index contributed by atoms with van der Waals surface area (Å²) >= 11 is 0. The zero-order valence-electron chi connectivity index (χ0n) is 45.8. The van der Waals surface area contributed by atoms with Crippen LogP contribution in [0.1, 0.15) is 169 Å². The Labute approximate surface area is 447 Å². The maximum Gasteiger partial charge on any atom is 0.185 e. The van der Waals surface area contributed by atoms with E-state index in [0.29, 0.717) is 89.1 Å². The van der Waals surface area contributed by atoms with E-state index in [1.165, 1.54) is 0 Å². The second kappa shape index (κ2) is 43.0. The normalized spacial score (nSPS) is 17.7. The summed E-state index contributed by atoms with van der Waals surface area (Å²) in [4.78, 5) is 86.1. The number of nitrogens with one attached hydrogen (secondary N) is 2. The van der Waals surface area contributed by atoms with Crippen molar-refractivity contribution >= 4 is 89.8 Å². The van der Waals surface area contributed by atoms with Crippen molar-refractivity contribution in [2.24, 2.45) is 55.6 Å². The number of guanidine groups is 2. The topological polar surface area (TPSA) is 332 Å². The van der Waals surface area contributed by atoms with E-state index in [1.807, 2.05) is 65.4 Å². The van der Waals surface area contributed by atoms with Gasteiger partial charge in [-0.2, -0.15) is 0 Å². The first-order valence-electron chi connectivity index (χ1n) is 24.9. The maximum absolute atomic E-state index is 13.7. The number of hydrazine groups is 2. The Balaban J connectivity index is -0.000000367. The second-order valence-electron chi connectivity index (χ2n) is 18.0. The van der Waals surface area contributed by atoms with Crippen LogP contribution in [0.15, 0.2) is 9.98 Å². The van der Waals surface area contributed by atoms with E-state index in [1.54, 1.807) is 70.9 Å². The second-order valence-corrected chi connectivity index (χ2v) is 23.5. The Morgan fingerprint density at radius 2 is 0.915 bits per heavy atom. The molecule has 2 unspecified atom stereocenters. The molecule has 2 rings (SSSR count). The molecule has 420 valence electrons. The summed E-state index contributed by atoms with van der Waals surface area (Å²) in [6, 6.07) is -1.66. The first-order chi connectivity index (χ1) is 32.0. The number of rotatable bonds is 32. The molecule has 2 fully saturated rings. The first-order valence-corrected chi connectivity index (χ1v) is 29.8. The van der Waals surface area contributed by atoms with Crippen molar-refractivity contribution in [1.82, 2.24) is 33.2 Å². The molecule has 71 heavy (non-hydrogen) atoms. The van der Waals surface area contributed by atoms with Gasteiger partial charge in [0.15, 0.2) is 23.5 Å². The summed E-state index contributed by atoms with van der Waals surface area (Å²) in [6.45, 7) is 29.0. The minimum atomic E-state index is -1.04. The maximum atomic E-state index is 13.7. The molecule has 2 heterocycles. The lowest BCUT2D eigenvalue weighted by molar-refractivity contribution is -0.144. The molecule has 2 saturated heterocycles. The van der Waals surface area contributed by atoms with Crippen LogP contribution in [0.25, 0.3) is 0 Å². The molecule has 18 nitrogen and oxygen atoms in total. The number of ketones is 6. The van der Waals surface area contributed by atoms with Crippen LogP contribution in [0, 0.1) is 22.7 Å². The summed E-state index contributed by atoms with van der Waals surface area (Å²) in [5, 5.41) is 3.76. The predicted molar refractivity (Wildman–Crippen MR) is 310 cm³/mol. The molecule has 0 aromatic rings. The lowest BCUT2D eigenvalue weighted by atomic mass is 9.77. The highest BCUT2D eigenvalue weighted by Gasteiger charge is 2.48. The molecule has 0 bridgehead atoms. The minimum Gasteiger partial charge on any atom is -0.370 e. The van der Waals surface area contributed by atoms with E-state index in [2.05, 4.69) is 34.7 Å². The van der Waals surface area contributed by atoms with Gasteiger partial charge in [-0.1, -0.05) is 120 Å². The number of nitrogens with zero attached hydrogens (tertiary/aromatic N) is 4. The van der Waals surface area contributed by atoms with Crippen LogP contribution in [0.4, 0.5) is 0 Å². The number of Topliss-reactive ketones (excluding diaryl/α,β-unsaturated/α-hetero) is 6. The summed E-state index contributed by atoms with van der Waals surface area (Å²) < 4.78 is 0. The summed E-state index contributed by atoms with van der Waals surface area (Å²) in [5.74, 6) is 3.18. The molecule has 22 heteroatoms. The highest BCUT2D eigenvalue weighted by atomic mass is 33.1. The van der Waals surface area contributed by atoms with Crippen LogP contribution in [-0.2, 0) is 28.8 Å². The van der Waals surface area contributed by atoms with Gasteiger partial charge in [-0.3, -0.25) is 38.8 Å². The van der Waals surface area contributed by atoms with Crippen LogP contribution in [0.5, 0.6) is 0 Å². The minimum absolute atomic E-state index is 0. The Morgan fingerprint density at radius 3 is 1.17 bits per heavy atom. The molecule has 2 aliphatic heterocycles. The summed E-state index contributed by atoms with van der Waals surface area (Å²) in [7, 11) is 6.51. The summed E-state index contributed by atoms with van der Waals surface area (Å²) in [5.41, 5.74) is 25.9. The van der Waals surface area contributed by atoms with E-state index in [-0.39, 0.29) is 78.2 Å². The Hall–Kier alpha value is -2.28. The van der Waals surface area contributed by atoms with Crippen molar-refractivity contribution in [3.63, 3.8) is 0 Å². The van der Waals surface area contributed by atoms with Gasteiger partial charge in [0, 0.05) is 62.0 Å². The largest absolute Gasteiger partial charge is 0.370 e. The average molecular weight is 1090 g/mol. The quantitative estimate of drug-likeness (QED) is 0.0104. The molecule has 16 N–H and O–H groups in total. The summed E-state index contributed by atoms with van der Waals surface area (Å²) in [6.07, 6.45) is 6.25. The lowest BCUT2D eigenvalue weighted by Gasteiger charge is -2.34. The van der Waals surface area contributed by atoms with Crippen LogP contribution < -0.4 is 46.1 Å². The zero-order chi connectivity index (χ0) is 52.6. The molecule has 2 aliphatic rings. The van der Waals surface area contributed by atoms with Gasteiger partial charge in [-0.25, -0.2) is 20.9 Å². The molecule has 0 radical (unpaired) electrons. The molecule has 0 saturated carbocycles. The van der Waals surface area contributed by atoms with Crippen LogP contribution in [-0.4, -0.2) is 130 Å². The number of hydrogen-bond acceptors (Lipinski definition) is 18. The molecule has 0 aromatic carbocycles. The predicted octanol–water partition coefficient (Wildman–Crippen LogP) is 8.13. The number of carbonyl (C=O) groups excluding carboxylic acids is 6. The molecule has 0 spiro atoms. The van der Waals surface area contributed by atoms with Gasteiger partial charge >= 0.3 is 0 Å². The number of hydrogen-bond donors (Lipinski definition) is 8. The van der Waals surface area contributed by atoms with E-state index >= 15 is 0 Å². The van der Waals surface area contributed by atoms with E-state index in [0.717, 1.165) is 24.3 Å². The van der Waals surface area contributed by atoms with Gasteiger partial charge in [-0.15, -0.1) is 0 Å². The Morgan fingerprint density at radius 1 is 0.606 bits per heavy atom. The number of aliphatic imine (C=N–C) groups is 2. The fourth-order valence-corrected chi connectivity index (χ4v) is 12.0. The third kappa shape index (κ3) is 29.4. The molecular weight excluding hydrogens is 981 g/mol. The Kier molecular flexibility index (Phi) is 47.0. The zero-order valence-corrected chi connectivity index (χ0v) is 49.1. The van der Waals surface area contributed by atoms with Gasteiger partial charge in [0.2, 0.25) is 0 Å². The third-order valence-corrected chi connectivity index (χ3v) is 16.5. The highest BCUT2D eigenvalue weighted by molar-refractivity contribution is 8.77. The smallest absolute Gasteiger partial charge is 0.185 e. The van der Waals surface area contributed by atoms with Crippen LogP contribution in [0.3, 0.4) is 0 Å². The standard InChI is InChI=1S/2C22H41N5O3S2.2C2H6.CH4.2H3N/c2*1-6-31-32-14-22(5,19(29)13-15(2)3)20(30)18-10-8-12-27(18)26-17(16(4)28)9-7-11-25-21(23)24;2*1-2;;;/h2*15,17-18,26H,6-14H2,1-5H3,(H4,23,24,25);2*1-2H3;1H4;2*1H3/t2*17-,18-,22?;;;;;/m00...../s1. The van der Waals surface area contributed by atoms with Crippen molar-refractivity contribution in [2.45, 2.75) is 193 Å². The monoisotopic (exact) mass is 1080 g/mol. The van der Waals surface area contributed by atoms with E-state index in [4.69, 9.17) is 22.9 Å². The van der Waals surface area contributed by atoms with Gasteiger partial charge in [0.05, 0.1) is 35.0 Å². The van der Waals surface area contributed by atoms with Crippen molar-refractivity contribution < 1.29 is 28.8 Å². The molecule has 0 amide bonds. The SMILES string of the molecule is C.CC.CC.CCSSCC(C)(C(=O)CC(C)C)C(=O)[C@@H]1CCCN1N[C@@H](CCCN=C(N)N)C(C)=O.CCSSCC(C)(C(=O)CC(C)C)C(=O)[C@@H]1CCCN1N[C@@H](CCCN=C(N)N)C(C)=O.N.N. The van der Waals surface area contributed by atoms with Gasteiger partial charge < -0.3 is 35.2 Å². The van der Waals surface area contributed by atoms with Crippen molar-refractivity contribution in [3.05, 3.63) is 0 Å². The van der Waals surface area contributed by atoms with E-state index < -0.39 is 35.0 Å². The highest BCUT2D eigenvalue weighted by Crippen LogP contribution is 2.38. The molecule has 0 aliphatic carbocycles. The molecular formula is C49H104N12O6S4. The van der Waals surface area contributed by atoms with Gasteiger partial charge in [0.25, 0.3) is 0 Å².